The molecule has 0 saturated heterocycles. The minimum absolute atomic E-state index is 0.0659. The number of hydrogen-bond acceptors (Lipinski definition) is 5. The molecular weight excluding hydrogens is 325 g/mol. The van der Waals surface area contributed by atoms with Gasteiger partial charge < -0.3 is 5.11 Å². The summed E-state index contributed by atoms with van der Waals surface area (Å²) in [4.78, 5) is 19.9. The van der Waals surface area contributed by atoms with Gasteiger partial charge in [0.25, 0.3) is 11.6 Å². The van der Waals surface area contributed by atoms with Crippen LogP contribution in [0.15, 0.2) is 54.2 Å². The fourth-order valence-electron chi connectivity index (χ4n) is 2.29. The van der Waals surface area contributed by atoms with Crippen molar-refractivity contribution in [2.45, 2.75) is 18.3 Å². The number of alkyl halides is 3. The predicted molar refractivity (Wildman–Crippen MR) is 76.8 cm³/mol. The third-order valence-electron chi connectivity index (χ3n) is 3.55. The maximum absolute atomic E-state index is 13.4. The second kappa shape index (κ2) is 5.68. The number of aromatic nitrogens is 2. The maximum Gasteiger partial charge on any atom is 0.438 e. The summed E-state index contributed by atoms with van der Waals surface area (Å²) in [7, 11) is 0. The van der Waals surface area contributed by atoms with Gasteiger partial charge >= 0.3 is 6.18 Å². The van der Waals surface area contributed by atoms with Crippen LogP contribution >= 0.6 is 0 Å². The van der Waals surface area contributed by atoms with Gasteiger partial charge in [-0.2, -0.15) is 23.3 Å². The molecule has 2 aromatic heterocycles. The second-order valence-corrected chi connectivity index (χ2v) is 5.13. The summed E-state index contributed by atoms with van der Waals surface area (Å²) in [5.74, 6) is -1.07. The number of aliphatic hydroxyl groups is 1. The molecule has 1 aliphatic rings. The average Bonchev–Trinajstić information content (AvgIpc) is 2.95. The fraction of sp³-hybridized carbons (Fsp3) is 0.200. The van der Waals surface area contributed by atoms with E-state index in [0.29, 0.717) is 5.56 Å². The lowest BCUT2D eigenvalue weighted by atomic mass is 10.0. The van der Waals surface area contributed by atoms with Crippen molar-refractivity contribution >= 4 is 11.6 Å². The third-order valence-corrected chi connectivity index (χ3v) is 3.55. The lowest BCUT2D eigenvalue weighted by molar-refractivity contribution is -0.297. The Morgan fingerprint density at radius 1 is 1.17 bits per heavy atom. The molecule has 3 heterocycles. The van der Waals surface area contributed by atoms with Gasteiger partial charge in [-0.3, -0.25) is 14.8 Å². The maximum atomic E-state index is 13.4. The molecule has 2 aromatic rings. The van der Waals surface area contributed by atoms with Gasteiger partial charge in [-0.15, -0.1) is 0 Å². The Bertz CT molecular complexity index is 780. The largest absolute Gasteiger partial charge is 0.438 e. The van der Waals surface area contributed by atoms with E-state index in [2.05, 4.69) is 15.1 Å². The number of halogens is 3. The van der Waals surface area contributed by atoms with Gasteiger partial charge in [0.05, 0.1) is 12.1 Å². The number of carbonyl (C=O) groups excluding carboxylic acids is 1. The highest BCUT2D eigenvalue weighted by Crippen LogP contribution is 2.41. The van der Waals surface area contributed by atoms with Gasteiger partial charge in [0.15, 0.2) is 0 Å². The van der Waals surface area contributed by atoms with Crippen LogP contribution in [0.3, 0.4) is 0 Å². The van der Waals surface area contributed by atoms with Crippen molar-refractivity contribution in [3.63, 3.8) is 0 Å². The molecule has 0 bridgehead atoms. The molecule has 6 nitrogen and oxygen atoms in total. The number of hydrogen-bond donors (Lipinski definition) is 1. The number of nitrogens with zero attached hydrogens (tertiary/aromatic N) is 4. The zero-order valence-electron chi connectivity index (χ0n) is 12.1. The predicted octanol–water partition coefficient (Wildman–Crippen LogP) is 1.98. The summed E-state index contributed by atoms with van der Waals surface area (Å²) in [6.45, 7) is 0. The zero-order valence-corrected chi connectivity index (χ0v) is 12.1. The normalized spacial score (nSPS) is 20.8. The average molecular weight is 336 g/mol. The summed E-state index contributed by atoms with van der Waals surface area (Å²) in [5, 5.41) is 14.0. The van der Waals surface area contributed by atoms with Gasteiger partial charge in [0, 0.05) is 35.9 Å². The second-order valence-electron chi connectivity index (χ2n) is 5.13. The van der Waals surface area contributed by atoms with Crippen molar-refractivity contribution < 1.29 is 23.1 Å². The van der Waals surface area contributed by atoms with Crippen LogP contribution in [0.4, 0.5) is 13.2 Å². The zero-order chi connectivity index (χ0) is 17.4. The molecule has 24 heavy (non-hydrogen) atoms. The van der Waals surface area contributed by atoms with E-state index in [0.717, 1.165) is 0 Å². The van der Waals surface area contributed by atoms with E-state index in [-0.39, 0.29) is 16.3 Å². The summed E-state index contributed by atoms with van der Waals surface area (Å²) >= 11 is 0. The van der Waals surface area contributed by atoms with E-state index >= 15 is 0 Å². The van der Waals surface area contributed by atoms with E-state index in [9.17, 15) is 23.1 Å². The third kappa shape index (κ3) is 2.62. The van der Waals surface area contributed by atoms with Crippen LogP contribution in [0.2, 0.25) is 0 Å². The Morgan fingerprint density at radius 3 is 2.46 bits per heavy atom. The lowest BCUT2D eigenvalue weighted by Crippen LogP contribution is -2.56. The molecule has 0 spiro atoms. The van der Waals surface area contributed by atoms with Crippen molar-refractivity contribution in [1.82, 2.24) is 15.0 Å². The van der Waals surface area contributed by atoms with E-state index in [1.807, 2.05) is 0 Å². The summed E-state index contributed by atoms with van der Waals surface area (Å²) in [5.41, 5.74) is -3.27. The molecule has 0 fully saturated rings. The van der Waals surface area contributed by atoms with E-state index in [1.54, 1.807) is 0 Å². The highest BCUT2D eigenvalue weighted by atomic mass is 19.4. The fourth-order valence-corrected chi connectivity index (χ4v) is 2.29. The quantitative estimate of drug-likeness (QED) is 0.909. The Morgan fingerprint density at radius 2 is 1.88 bits per heavy atom. The molecular formula is C15H11F3N4O2. The number of hydrazone groups is 1. The number of amides is 1. The monoisotopic (exact) mass is 336 g/mol. The highest BCUT2D eigenvalue weighted by molar-refractivity contribution is 6.05. The first-order chi connectivity index (χ1) is 11.3. The van der Waals surface area contributed by atoms with Crippen molar-refractivity contribution in [2.24, 2.45) is 5.10 Å². The molecule has 0 aliphatic carbocycles. The van der Waals surface area contributed by atoms with Crippen LogP contribution in [-0.2, 0) is 0 Å². The van der Waals surface area contributed by atoms with Crippen LogP contribution in [0.5, 0.6) is 0 Å². The highest BCUT2D eigenvalue weighted by Gasteiger charge is 2.63. The van der Waals surface area contributed by atoms with Crippen molar-refractivity contribution in [1.29, 1.82) is 0 Å². The van der Waals surface area contributed by atoms with Crippen LogP contribution in [0.1, 0.15) is 22.3 Å². The number of carbonyl (C=O) groups is 1. The minimum atomic E-state index is -5.08. The summed E-state index contributed by atoms with van der Waals surface area (Å²) in [6, 6.07) is 5.52. The first kappa shape index (κ1) is 16.1. The molecule has 1 aliphatic heterocycles. The Labute approximate surface area is 134 Å². The van der Waals surface area contributed by atoms with E-state index in [1.165, 1.54) is 49.1 Å². The van der Waals surface area contributed by atoms with Crippen LogP contribution < -0.4 is 0 Å². The van der Waals surface area contributed by atoms with Crippen LogP contribution in [-0.4, -0.2) is 43.6 Å². The Kier molecular flexibility index (Phi) is 3.80. The number of rotatable bonds is 2. The summed E-state index contributed by atoms with van der Waals surface area (Å²) in [6.07, 6.45) is -0.656. The van der Waals surface area contributed by atoms with Gasteiger partial charge in [0.2, 0.25) is 0 Å². The molecule has 1 atom stereocenters. The van der Waals surface area contributed by atoms with E-state index in [4.69, 9.17) is 0 Å². The van der Waals surface area contributed by atoms with Crippen LogP contribution in [0.25, 0.3) is 0 Å². The number of pyridine rings is 2. The molecule has 9 heteroatoms. The Hall–Kier alpha value is -2.81. The van der Waals surface area contributed by atoms with Gasteiger partial charge in [-0.25, -0.2) is 0 Å². The summed E-state index contributed by atoms with van der Waals surface area (Å²) < 4.78 is 40.2. The smallest absolute Gasteiger partial charge is 0.362 e. The molecule has 124 valence electrons. The minimum Gasteiger partial charge on any atom is -0.362 e. The van der Waals surface area contributed by atoms with Gasteiger partial charge in [-0.1, -0.05) is 6.07 Å². The topological polar surface area (TPSA) is 78.7 Å². The SMILES string of the molecule is O=C(c1ccncc1)N1N=C(c2cccnc2)CC1(O)C(F)(F)F. The van der Waals surface area contributed by atoms with Crippen LogP contribution in [0, 0.1) is 0 Å². The molecule has 0 saturated carbocycles. The Balaban J connectivity index is 2.05. The van der Waals surface area contributed by atoms with Gasteiger partial charge in [-0.05, 0) is 18.2 Å². The standard InChI is InChI=1S/C15H11F3N4O2/c16-15(17,18)14(24)8-12(11-2-1-5-20-9-11)21-22(14)13(23)10-3-6-19-7-4-10/h1-7,9,24H,8H2. The first-order valence-electron chi connectivity index (χ1n) is 6.84. The van der Waals surface area contributed by atoms with E-state index < -0.39 is 24.2 Å². The first-order valence-corrected chi connectivity index (χ1v) is 6.84. The molecule has 1 N–H and O–H groups in total. The van der Waals surface area contributed by atoms with Crippen molar-refractivity contribution in [3.8, 4) is 0 Å². The molecule has 0 radical (unpaired) electrons. The molecule has 1 amide bonds. The van der Waals surface area contributed by atoms with Crippen molar-refractivity contribution in [3.05, 3.63) is 60.2 Å². The lowest BCUT2D eigenvalue weighted by Gasteiger charge is -2.32. The molecule has 0 aromatic carbocycles. The molecule has 3 rings (SSSR count). The van der Waals surface area contributed by atoms with Crippen molar-refractivity contribution in [2.75, 3.05) is 0 Å². The molecule has 1 unspecified atom stereocenters. The van der Waals surface area contributed by atoms with Gasteiger partial charge in [0.1, 0.15) is 0 Å².